The Kier molecular flexibility index (Phi) is 6.91. The lowest BCUT2D eigenvalue weighted by molar-refractivity contribution is -0.344. The van der Waals surface area contributed by atoms with Crippen LogP contribution in [0.15, 0.2) is 0 Å². The number of carbonyl (C=O) groups is 2. The molecule has 3 N–H and O–H groups in total. The van der Waals surface area contributed by atoms with Gasteiger partial charge in [-0.3, -0.25) is 19.6 Å². The van der Waals surface area contributed by atoms with E-state index in [1.54, 1.807) is 0 Å². The van der Waals surface area contributed by atoms with Gasteiger partial charge in [0.15, 0.2) is 0 Å². The number of hydrogen-bond donors (Lipinski definition) is 3. The lowest BCUT2D eigenvalue weighted by Crippen LogP contribution is -2.79. The fraction of sp³-hybridized carbons (Fsp3) is 0.900. The van der Waals surface area contributed by atoms with Crippen molar-refractivity contribution in [2.45, 2.75) is 92.4 Å². The Balaban J connectivity index is 1.13. The number of nitrogens with one attached hydrogen (secondary N) is 3. The molecule has 0 aromatic heterocycles. The van der Waals surface area contributed by atoms with Crippen molar-refractivity contribution < 1.29 is 32.2 Å². The van der Waals surface area contributed by atoms with E-state index in [9.17, 15) is 22.8 Å². The summed E-state index contributed by atoms with van der Waals surface area (Å²) in [5.41, 5.74) is -0.855. The van der Waals surface area contributed by atoms with Gasteiger partial charge in [-0.1, -0.05) is 0 Å². The molecule has 0 radical (unpaired) electrons. The predicted molar refractivity (Wildman–Crippen MR) is 110 cm³/mol. The van der Waals surface area contributed by atoms with E-state index in [0.717, 1.165) is 12.8 Å². The quantitative estimate of drug-likeness (QED) is 0.466. The van der Waals surface area contributed by atoms with Crippen LogP contribution in [0.2, 0.25) is 0 Å². The van der Waals surface area contributed by atoms with Gasteiger partial charge in [-0.2, -0.15) is 0 Å². The van der Waals surface area contributed by atoms with E-state index < -0.39 is 17.9 Å². The van der Waals surface area contributed by atoms with Crippen molar-refractivity contribution in [2.24, 2.45) is 5.41 Å². The Morgan fingerprint density at radius 2 is 1.72 bits per heavy atom. The highest BCUT2D eigenvalue weighted by molar-refractivity contribution is 6.30. The van der Waals surface area contributed by atoms with Gasteiger partial charge < -0.3 is 15.4 Å². The van der Waals surface area contributed by atoms with Crippen LogP contribution in [-0.4, -0.2) is 66.0 Å². The predicted octanol–water partition coefficient (Wildman–Crippen LogP) is 2.54. The van der Waals surface area contributed by atoms with Crippen LogP contribution in [0.3, 0.4) is 0 Å². The minimum atomic E-state index is -4.66. The minimum absolute atomic E-state index is 0.0223. The molecule has 182 valence electrons. The smallest absolute Gasteiger partial charge is 0.368 e. The second-order valence-electron chi connectivity index (χ2n) is 9.61. The molecule has 5 fully saturated rings. The summed E-state index contributed by atoms with van der Waals surface area (Å²) in [7, 11) is 0. The van der Waals surface area contributed by atoms with Crippen LogP contribution in [0.4, 0.5) is 13.2 Å². The molecule has 32 heavy (non-hydrogen) atoms. The molecule has 1 aliphatic heterocycles. The average Bonchev–Trinajstić information content (AvgIpc) is 2.64. The number of halogens is 5. The molecule has 2 bridgehead atoms. The van der Waals surface area contributed by atoms with Crippen molar-refractivity contribution in [3.63, 3.8) is 0 Å². The molecular formula is C20H28Cl2F3N3O4. The maximum atomic E-state index is 12.7. The molecule has 12 heteroatoms. The monoisotopic (exact) mass is 501 g/mol. The van der Waals surface area contributed by atoms with Crippen LogP contribution in [-0.2, 0) is 19.1 Å². The standard InChI is InChI=1S/C20H28Cl2F3N3O4/c21-13-3-1-11(5-14(13)22)31-7-16(29)28-19-8-18(9-19,10-19)17(30)27-15-4-2-12(6-26-15)32-20(23,24)25/h11-15,26H,1-10H2,(H,27,30)(H,28,29). The van der Waals surface area contributed by atoms with E-state index in [0.29, 0.717) is 32.1 Å². The number of carbonyl (C=O) groups excluding carboxylic acids is 2. The topological polar surface area (TPSA) is 88.7 Å². The second-order valence-corrected chi connectivity index (χ2v) is 10.7. The third kappa shape index (κ3) is 5.46. The van der Waals surface area contributed by atoms with Crippen molar-refractivity contribution in [2.75, 3.05) is 13.2 Å². The van der Waals surface area contributed by atoms with Crippen LogP contribution < -0.4 is 16.0 Å². The molecule has 2 amide bonds. The number of piperidine rings is 1. The second kappa shape index (κ2) is 9.09. The molecule has 5 rings (SSSR count). The van der Waals surface area contributed by atoms with E-state index in [-0.39, 0.29) is 59.9 Å². The van der Waals surface area contributed by atoms with Crippen LogP contribution in [0.25, 0.3) is 0 Å². The fourth-order valence-electron chi connectivity index (χ4n) is 5.44. The van der Waals surface area contributed by atoms with E-state index in [1.165, 1.54) is 0 Å². The molecule has 1 heterocycles. The molecule has 4 saturated carbocycles. The number of rotatable bonds is 7. The largest absolute Gasteiger partial charge is 0.522 e. The van der Waals surface area contributed by atoms with Gasteiger partial charge in [0.05, 0.1) is 34.5 Å². The van der Waals surface area contributed by atoms with Gasteiger partial charge in [0.25, 0.3) is 0 Å². The van der Waals surface area contributed by atoms with Gasteiger partial charge in [-0.05, 0) is 51.4 Å². The van der Waals surface area contributed by atoms with E-state index in [1.807, 2.05) is 0 Å². The number of ether oxygens (including phenoxy) is 2. The van der Waals surface area contributed by atoms with Gasteiger partial charge in [0, 0.05) is 12.1 Å². The van der Waals surface area contributed by atoms with E-state index >= 15 is 0 Å². The summed E-state index contributed by atoms with van der Waals surface area (Å²) in [6.45, 7) is -0.0240. The highest BCUT2D eigenvalue weighted by Crippen LogP contribution is 2.67. The van der Waals surface area contributed by atoms with Crippen molar-refractivity contribution >= 4 is 35.0 Å². The summed E-state index contributed by atoms with van der Waals surface area (Å²) in [5.74, 6) is -0.328. The van der Waals surface area contributed by atoms with Crippen LogP contribution >= 0.6 is 23.2 Å². The maximum absolute atomic E-state index is 12.7. The van der Waals surface area contributed by atoms with Crippen molar-refractivity contribution in [3.8, 4) is 0 Å². The Hall–Kier alpha value is -0.810. The molecule has 5 aliphatic rings. The number of amides is 2. The van der Waals surface area contributed by atoms with Crippen LogP contribution in [0.1, 0.15) is 51.4 Å². The summed E-state index contributed by atoms with van der Waals surface area (Å²) in [6.07, 6.45) is -1.65. The summed E-state index contributed by atoms with van der Waals surface area (Å²) in [5, 5.41) is 8.54. The van der Waals surface area contributed by atoms with Gasteiger partial charge in [0.2, 0.25) is 11.8 Å². The lowest BCUT2D eigenvalue weighted by atomic mass is 9.39. The molecule has 0 aromatic rings. The molecule has 0 spiro atoms. The number of hydrogen-bond acceptors (Lipinski definition) is 5. The zero-order chi connectivity index (χ0) is 23.1. The first-order valence-electron chi connectivity index (χ1n) is 11.0. The molecule has 0 aromatic carbocycles. The van der Waals surface area contributed by atoms with Crippen LogP contribution in [0.5, 0.6) is 0 Å². The zero-order valence-electron chi connectivity index (χ0n) is 17.5. The summed E-state index contributed by atoms with van der Waals surface area (Å²) < 4.78 is 46.6. The number of alkyl halides is 5. The van der Waals surface area contributed by atoms with Gasteiger partial charge >= 0.3 is 6.36 Å². The van der Waals surface area contributed by atoms with Crippen molar-refractivity contribution in [3.05, 3.63) is 0 Å². The first-order valence-corrected chi connectivity index (χ1v) is 11.8. The SMILES string of the molecule is O=C(COC1CCC(Cl)C(Cl)C1)NC12CC(C(=O)NC3CCC(OC(F)(F)F)CN3)(C1)C2. The molecular weight excluding hydrogens is 474 g/mol. The molecule has 5 atom stereocenters. The van der Waals surface area contributed by atoms with Crippen molar-refractivity contribution in [1.82, 2.24) is 16.0 Å². The van der Waals surface area contributed by atoms with Crippen LogP contribution in [0, 0.1) is 5.41 Å². The van der Waals surface area contributed by atoms with Gasteiger partial charge in [-0.15, -0.1) is 36.4 Å². The van der Waals surface area contributed by atoms with Gasteiger partial charge in [0.1, 0.15) is 6.61 Å². The third-order valence-electron chi connectivity index (χ3n) is 6.99. The highest BCUT2D eigenvalue weighted by Gasteiger charge is 2.72. The maximum Gasteiger partial charge on any atom is 0.522 e. The van der Waals surface area contributed by atoms with E-state index in [2.05, 4.69) is 20.7 Å². The molecule has 1 saturated heterocycles. The van der Waals surface area contributed by atoms with E-state index in [4.69, 9.17) is 27.9 Å². The summed E-state index contributed by atoms with van der Waals surface area (Å²) >= 11 is 12.3. The normalized spacial score (nSPS) is 41.2. The van der Waals surface area contributed by atoms with Gasteiger partial charge in [-0.25, -0.2) is 0 Å². The first kappa shape index (κ1) is 24.3. The molecule has 7 nitrogen and oxygen atoms in total. The molecule has 5 unspecified atom stereocenters. The third-order valence-corrected chi connectivity index (χ3v) is 8.12. The average molecular weight is 502 g/mol. The lowest BCUT2D eigenvalue weighted by Gasteiger charge is -2.69. The summed E-state index contributed by atoms with van der Waals surface area (Å²) in [6, 6.07) is 0. The zero-order valence-corrected chi connectivity index (χ0v) is 19.0. The fourth-order valence-corrected chi connectivity index (χ4v) is 5.99. The Morgan fingerprint density at radius 3 is 2.31 bits per heavy atom. The Bertz CT molecular complexity index is 714. The Labute approximate surface area is 194 Å². The summed E-state index contributed by atoms with van der Waals surface area (Å²) in [4.78, 5) is 24.9. The first-order chi connectivity index (χ1) is 15.0. The molecule has 4 aliphatic carbocycles. The minimum Gasteiger partial charge on any atom is -0.368 e. The Morgan fingerprint density at radius 1 is 1.03 bits per heavy atom. The van der Waals surface area contributed by atoms with Crippen molar-refractivity contribution in [1.29, 1.82) is 0 Å². The highest BCUT2D eigenvalue weighted by atomic mass is 35.5.